The van der Waals surface area contributed by atoms with Crippen LogP contribution in [0.5, 0.6) is 11.5 Å². The molecule has 0 fully saturated rings. The van der Waals surface area contributed by atoms with E-state index in [1.807, 2.05) is 52.8 Å². The molecule has 0 saturated heterocycles. The number of rotatable bonds is 25. The number of anilines is 2. The van der Waals surface area contributed by atoms with Gasteiger partial charge >= 0.3 is 6.09 Å². The summed E-state index contributed by atoms with van der Waals surface area (Å²) in [5, 5.41) is 34.7. The van der Waals surface area contributed by atoms with E-state index in [2.05, 4.69) is 68.0 Å². The van der Waals surface area contributed by atoms with Gasteiger partial charge in [0.15, 0.2) is 24.5 Å². The molecule has 0 spiro atoms. The Morgan fingerprint density at radius 3 is 1.40 bits per heavy atom. The molecule has 4 aliphatic rings. The number of nitrogens with two attached hydrogens (primary N) is 1. The summed E-state index contributed by atoms with van der Waals surface area (Å²) in [5.41, 5.74) is 15.8. The number of carbonyl (C=O) groups is 9. The molecule has 0 saturated carbocycles. The fourth-order valence-electron chi connectivity index (χ4n) is 12.8. The Morgan fingerprint density at radius 2 is 0.971 bits per heavy atom. The van der Waals surface area contributed by atoms with Gasteiger partial charge in [-0.05, 0) is 173 Å². The first-order valence-corrected chi connectivity index (χ1v) is 34.2. The van der Waals surface area contributed by atoms with Crippen LogP contribution in [0.4, 0.5) is 16.2 Å². The van der Waals surface area contributed by atoms with Crippen LogP contribution in [-0.2, 0) is 40.3 Å². The highest BCUT2D eigenvalue weighted by atomic mass is 35.5. The van der Waals surface area contributed by atoms with E-state index in [1.165, 1.54) is 33.6 Å². The third-order valence-corrected chi connectivity index (χ3v) is 17.9. The fourth-order valence-corrected chi connectivity index (χ4v) is 12.8. The average molecular weight is 1410 g/mol. The van der Waals surface area contributed by atoms with E-state index in [9.17, 15) is 43.2 Å². The molecular formula is C73H85ClN16O12. The summed E-state index contributed by atoms with van der Waals surface area (Å²) in [6.07, 6.45) is 12.9. The molecule has 2 aliphatic heterocycles. The molecule has 4 aromatic carbocycles. The number of alkyl carbamates (subject to hydrolysis) is 1. The number of fused-ring (bicyclic) bond motifs is 6. The Hall–Kier alpha value is -11.0. The number of benzene rings is 4. The molecule has 4 aromatic heterocycles. The summed E-state index contributed by atoms with van der Waals surface area (Å²) in [6, 6.07) is 23.5. The topological polar surface area (TPSA) is 376 Å². The smallest absolute Gasteiger partial charge is 0.407 e. The fraction of sp³-hybridized carbons (Fsp3) is 0.384. The molecular weight excluding hydrogens is 1330 g/mol. The molecule has 9 amide bonds. The van der Waals surface area contributed by atoms with E-state index in [-0.39, 0.29) is 97.2 Å². The molecule has 28 nitrogen and oxygen atoms in total. The maximum absolute atomic E-state index is 13.7. The number of unbranched alkanes of at least 4 members (excludes halogenated alkanes) is 6. The summed E-state index contributed by atoms with van der Waals surface area (Å²) >= 11 is 0. The molecule has 8 aromatic rings. The van der Waals surface area contributed by atoms with Crippen LogP contribution < -0.4 is 63.1 Å². The van der Waals surface area contributed by atoms with E-state index in [0.717, 1.165) is 102 Å². The van der Waals surface area contributed by atoms with Crippen LogP contribution in [0, 0.1) is 13.8 Å². The van der Waals surface area contributed by atoms with Crippen LogP contribution in [-0.4, -0.2) is 128 Å². The predicted molar refractivity (Wildman–Crippen MR) is 381 cm³/mol. The Labute approximate surface area is 594 Å². The van der Waals surface area contributed by atoms with Crippen molar-refractivity contribution in [2.75, 3.05) is 50.0 Å². The second-order valence-corrected chi connectivity index (χ2v) is 26.3. The molecule has 536 valence electrons. The summed E-state index contributed by atoms with van der Waals surface area (Å²) in [6.45, 7) is 12.0. The number of nitrogens with zero attached hydrogens (tertiary/aromatic N) is 6. The van der Waals surface area contributed by atoms with Crippen molar-refractivity contribution >= 4 is 88.4 Å². The monoisotopic (exact) mass is 1410 g/mol. The van der Waals surface area contributed by atoms with Crippen LogP contribution >= 0.6 is 12.4 Å². The van der Waals surface area contributed by atoms with Gasteiger partial charge < -0.3 is 67.8 Å². The maximum Gasteiger partial charge on any atom is 0.407 e. The lowest BCUT2D eigenvalue weighted by Crippen LogP contribution is -2.33. The van der Waals surface area contributed by atoms with Crippen molar-refractivity contribution in [3.8, 4) is 11.5 Å². The predicted octanol–water partition coefficient (Wildman–Crippen LogP) is 7.92. The zero-order valence-corrected chi connectivity index (χ0v) is 58.4. The SMILES string of the molecule is Cc1c(C(=O)NCCCCCCN)ccc2c1CC[C@@H]2NC(=O)c1cc(C(=O)NCc2ccc3c(c2)NC(=O)CO3)nc2ccnn12.Cc1c(C(=O)NCCCCCCNC(=O)OC(C)(C)C)ccc2c1CC[C@@H]2NC(=O)c1cc(C(=O)NCc2ccc3c(c2)NC(=O)CO3)nc2ccnn12.Cl. The molecule has 2 atom stereocenters. The van der Waals surface area contributed by atoms with Crippen molar-refractivity contribution in [2.24, 2.45) is 5.73 Å². The van der Waals surface area contributed by atoms with Crippen LogP contribution in [0.3, 0.4) is 0 Å². The van der Waals surface area contributed by atoms with E-state index in [1.54, 1.807) is 54.6 Å². The largest absolute Gasteiger partial charge is 0.482 e. The van der Waals surface area contributed by atoms with Crippen molar-refractivity contribution in [3.05, 3.63) is 176 Å². The zero-order chi connectivity index (χ0) is 71.3. The van der Waals surface area contributed by atoms with Crippen LogP contribution in [0.15, 0.2) is 97.3 Å². The number of halogens is 1. The third-order valence-electron chi connectivity index (χ3n) is 17.9. The number of nitrogens with one attached hydrogen (secondary N) is 9. The average Bonchev–Trinajstić information content (AvgIpc) is 1.61. The summed E-state index contributed by atoms with van der Waals surface area (Å²) < 4.78 is 18.8. The van der Waals surface area contributed by atoms with E-state index < -0.39 is 35.3 Å². The first-order valence-electron chi connectivity index (χ1n) is 34.2. The molecule has 0 bridgehead atoms. The van der Waals surface area contributed by atoms with Gasteiger partial charge in [0.05, 0.1) is 35.9 Å². The maximum atomic E-state index is 13.7. The van der Waals surface area contributed by atoms with Gasteiger partial charge in [-0.3, -0.25) is 38.4 Å². The summed E-state index contributed by atoms with van der Waals surface area (Å²) in [7, 11) is 0. The lowest BCUT2D eigenvalue weighted by atomic mass is 9.97. The molecule has 29 heteroatoms. The van der Waals surface area contributed by atoms with Gasteiger partial charge in [0, 0.05) is 68.1 Å². The quantitative estimate of drug-likeness (QED) is 0.0243. The molecule has 2 aliphatic carbocycles. The molecule has 12 rings (SSSR count). The molecule has 0 unspecified atom stereocenters. The number of hydrogen-bond donors (Lipinski definition) is 10. The van der Waals surface area contributed by atoms with Gasteiger partial charge in [-0.15, -0.1) is 12.4 Å². The van der Waals surface area contributed by atoms with Crippen molar-refractivity contribution in [2.45, 2.75) is 142 Å². The van der Waals surface area contributed by atoms with Gasteiger partial charge in [-0.1, -0.05) is 49.9 Å². The highest BCUT2D eigenvalue weighted by Gasteiger charge is 2.32. The number of ether oxygens (including phenoxy) is 3. The van der Waals surface area contributed by atoms with Gasteiger partial charge in [-0.25, -0.2) is 23.8 Å². The van der Waals surface area contributed by atoms with E-state index in [4.69, 9.17) is 19.9 Å². The summed E-state index contributed by atoms with van der Waals surface area (Å²) in [4.78, 5) is 124. The highest BCUT2D eigenvalue weighted by molar-refractivity contribution is 6.01. The molecule has 11 N–H and O–H groups in total. The first kappa shape index (κ1) is 73.7. The van der Waals surface area contributed by atoms with Crippen molar-refractivity contribution < 1.29 is 57.4 Å². The third kappa shape index (κ3) is 18.1. The number of hydrogen-bond acceptors (Lipinski definition) is 17. The summed E-state index contributed by atoms with van der Waals surface area (Å²) in [5.74, 6) is -1.36. The Kier molecular flexibility index (Phi) is 24.2. The van der Waals surface area contributed by atoms with Crippen molar-refractivity contribution in [3.63, 3.8) is 0 Å². The highest BCUT2D eigenvalue weighted by Crippen LogP contribution is 2.37. The van der Waals surface area contributed by atoms with Crippen molar-refractivity contribution in [1.82, 2.24) is 66.4 Å². The number of amides is 9. The van der Waals surface area contributed by atoms with Crippen LogP contribution in [0.2, 0.25) is 0 Å². The minimum absolute atomic E-state index is 0. The minimum atomic E-state index is -0.522. The van der Waals surface area contributed by atoms with Crippen LogP contribution in [0.1, 0.15) is 204 Å². The van der Waals surface area contributed by atoms with Gasteiger partial charge in [0.1, 0.15) is 39.9 Å². The van der Waals surface area contributed by atoms with Gasteiger partial charge in [-0.2, -0.15) is 10.2 Å². The Morgan fingerprint density at radius 1 is 0.539 bits per heavy atom. The van der Waals surface area contributed by atoms with Crippen molar-refractivity contribution in [1.29, 1.82) is 0 Å². The van der Waals surface area contributed by atoms with E-state index >= 15 is 0 Å². The number of aromatic nitrogens is 6. The molecule has 102 heavy (non-hydrogen) atoms. The molecule has 6 heterocycles. The Bertz CT molecular complexity index is 4510. The van der Waals surface area contributed by atoms with Crippen LogP contribution in [0.25, 0.3) is 11.3 Å². The first-order chi connectivity index (χ1) is 48.7. The van der Waals surface area contributed by atoms with E-state index in [0.29, 0.717) is 90.7 Å². The second-order valence-electron chi connectivity index (χ2n) is 26.3. The Balaban J connectivity index is 0.000000219. The lowest BCUT2D eigenvalue weighted by molar-refractivity contribution is -0.119. The van der Waals surface area contributed by atoms with Gasteiger partial charge in [0.25, 0.3) is 47.3 Å². The minimum Gasteiger partial charge on any atom is -0.482 e. The second kappa shape index (κ2) is 33.4. The lowest BCUT2D eigenvalue weighted by Gasteiger charge is -2.19. The molecule has 0 radical (unpaired) electrons. The normalized spacial score (nSPS) is 14.6. The number of carbonyl (C=O) groups excluding carboxylic acids is 9. The standard InChI is InChI=1S/C39H46N8O7.C34H38N8O5.ClH/c1-23-25-12-13-28(27(25)11-10-26(23)35(49)40-16-7-5-6-8-17-41-38(52)54-39(2,3)4)46-37(51)31-20-30(44-33-15-18-43-47(31)33)36(50)42-21-24-9-14-32-29(19-24)45-34(48)22-53-32;1-20-22-9-10-25(24(22)8-7-23(20)32(44)36-14-5-3-2-4-13-35)41-34(46)28-17-27(39-30-12-15-38-42(28)30)33(45)37-18-21-6-11-29-26(16-21)40-31(43)19-47-29;/h9-11,14-15,18-20,28H,5-8,12-13,16-17,21-22H2,1-4H3,(H,40,49)(H,41,52)(H,42,50)(H,45,48)(H,46,51);6-8,11-12,15-17,25H,2-5,9-10,13-14,18-19,35H2,1H3,(H,36,44)(H,37,45)(H,40,43)(H,41,46);1H/t28-;25-;/m00./s1. The zero-order valence-electron chi connectivity index (χ0n) is 57.6. The van der Waals surface area contributed by atoms with Gasteiger partial charge in [0.2, 0.25) is 0 Å².